The molecule has 4 nitrogen and oxygen atoms in total. The second kappa shape index (κ2) is 7.72. The zero-order valence-corrected chi connectivity index (χ0v) is 11.3. The van der Waals surface area contributed by atoms with Gasteiger partial charge in [-0.15, -0.1) is 0 Å². The van der Waals surface area contributed by atoms with Gasteiger partial charge in [-0.05, 0) is 29.3 Å². The van der Waals surface area contributed by atoms with Crippen LogP contribution in [0, 0.1) is 5.82 Å². The highest BCUT2D eigenvalue weighted by molar-refractivity contribution is 5.50. The molecule has 0 spiro atoms. The molecular weight excluding hydrogens is 269 g/mol. The summed E-state index contributed by atoms with van der Waals surface area (Å²) in [5.74, 6) is 0.403. The van der Waals surface area contributed by atoms with Gasteiger partial charge >= 0.3 is 0 Å². The fourth-order valence-corrected chi connectivity index (χ4v) is 1.72. The van der Waals surface area contributed by atoms with Crippen molar-refractivity contribution in [1.82, 2.24) is 0 Å². The van der Waals surface area contributed by atoms with Crippen LogP contribution in [0.2, 0.25) is 0 Å². The Labute approximate surface area is 122 Å². The van der Waals surface area contributed by atoms with Crippen LogP contribution in [0.4, 0.5) is 4.39 Å². The molecule has 0 bridgehead atoms. The summed E-state index contributed by atoms with van der Waals surface area (Å²) in [5.41, 5.74) is 9.65. The molecule has 0 atom stereocenters. The normalized spacial score (nSPS) is 10.3. The SMILES string of the molecule is [N-]=[N+]=NCC=Cc1ccc(OCc2ccccc2F)cc1. The molecule has 0 amide bonds. The van der Waals surface area contributed by atoms with Crippen LogP contribution in [-0.4, -0.2) is 6.54 Å². The average Bonchev–Trinajstić information content (AvgIpc) is 2.52. The molecule has 0 aliphatic carbocycles. The predicted octanol–water partition coefficient (Wildman–Crippen LogP) is 4.73. The lowest BCUT2D eigenvalue weighted by molar-refractivity contribution is 0.300. The zero-order chi connectivity index (χ0) is 14.9. The Bertz CT molecular complexity index is 661. The predicted molar refractivity (Wildman–Crippen MR) is 80.2 cm³/mol. The van der Waals surface area contributed by atoms with E-state index in [0.717, 1.165) is 5.56 Å². The van der Waals surface area contributed by atoms with E-state index in [9.17, 15) is 4.39 Å². The Morgan fingerprint density at radius 3 is 2.62 bits per heavy atom. The Morgan fingerprint density at radius 1 is 1.14 bits per heavy atom. The standard InChI is InChI=1S/C16H14FN3O/c17-16-6-2-1-5-14(16)12-21-15-9-7-13(8-10-15)4-3-11-19-20-18/h1-10H,11-12H2. The van der Waals surface area contributed by atoms with E-state index in [1.807, 2.05) is 30.3 Å². The van der Waals surface area contributed by atoms with Crippen LogP contribution in [-0.2, 0) is 6.61 Å². The van der Waals surface area contributed by atoms with Crippen molar-refractivity contribution in [2.75, 3.05) is 6.54 Å². The second-order valence-electron chi connectivity index (χ2n) is 4.26. The van der Waals surface area contributed by atoms with Crippen LogP contribution in [0.15, 0.2) is 59.7 Å². The van der Waals surface area contributed by atoms with Gasteiger partial charge in [0.1, 0.15) is 18.2 Å². The summed E-state index contributed by atoms with van der Waals surface area (Å²) in [6.45, 7) is 0.515. The van der Waals surface area contributed by atoms with E-state index in [1.165, 1.54) is 6.07 Å². The first kappa shape index (κ1) is 14.6. The van der Waals surface area contributed by atoms with Crippen molar-refractivity contribution >= 4 is 6.08 Å². The summed E-state index contributed by atoms with van der Waals surface area (Å²) >= 11 is 0. The zero-order valence-electron chi connectivity index (χ0n) is 11.3. The number of azide groups is 1. The number of nitrogens with zero attached hydrogens (tertiary/aromatic N) is 3. The summed E-state index contributed by atoms with van der Waals surface area (Å²) in [4.78, 5) is 2.66. The molecule has 0 aliphatic heterocycles. The van der Waals surface area contributed by atoms with Crippen LogP contribution in [0.1, 0.15) is 11.1 Å². The van der Waals surface area contributed by atoms with Gasteiger partial charge < -0.3 is 4.74 Å². The Kier molecular flexibility index (Phi) is 5.38. The van der Waals surface area contributed by atoms with E-state index >= 15 is 0 Å². The smallest absolute Gasteiger partial charge is 0.129 e. The van der Waals surface area contributed by atoms with Crippen LogP contribution < -0.4 is 4.74 Å². The molecule has 2 aromatic rings. The topological polar surface area (TPSA) is 58.0 Å². The maximum Gasteiger partial charge on any atom is 0.129 e. The Hall–Kier alpha value is -2.78. The van der Waals surface area contributed by atoms with Crippen LogP contribution >= 0.6 is 0 Å². The molecule has 2 rings (SSSR count). The number of hydrogen-bond donors (Lipinski definition) is 0. The van der Waals surface area contributed by atoms with Gasteiger partial charge in [-0.25, -0.2) is 4.39 Å². The summed E-state index contributed by atoms with van der Waals surface area (Å²) in [6, 6.07) is 13.9. The molecule has 0 radical (unpaired) electrons. The summed E-state index contributed by atoms with van der Waals surface area (Å²) in [6.07, 6.45) is 3.63. The molecule has 0 unspecified atom stereocenters. The summed E-state index contributed by atoms with van der Waals surface area (Å²) < 4.78 is 19.0. The van der Waals surface area contributed by atoms with Gasteiger partial charge in [-0.2, -0.15) is 0 Å². The third-order valence-electron chi connectivity index (χ3n) is 2.79. The number of hydrogen-bond acceptors (Lipinski definition) is 2. The number of benzene rings is 2. The van der Waals surface area contributed by atoms with Gasteiger partial charge in [0.15, 0.2) is 0 Å². The van der Waals surface area contributed by atoms with E-state index < -0.39 is 0 Å². The number of ether oxygens (including phenoxy) is 1. The minimum Gasteiger partial charge on any atom is -0.489 e. The maximum absolute atomic E-state index is 13.4. The Morgan fingerprint density at radius 2 is 1.90 bits per heavy atom. The van der Waals surface area contributed by atoms with Crippen molar-refractivity contribution in [3.05, 3.63) is 82.0 Å². The lowest BCUT2D eigenvalue weighted by atomic mass is 10.2. The quantitative estimate of drug-likeness (QED) is 0.429. The highest BCUT2D eigenvalue weighted by Crippen LogP contribution is 2.16. The van der Waals surface area contributed by atoms with Gasteiger partial charge in [0.25, 0.3) is 0 Å². The summed E-state index contributed by atoms with van der Waals surface area (Å²) in [7, 11) is 0. The first-order valence-electron chi connectivity index (χ1n) is 6.43. The van der Waals surface area contributed by atoms with Crippen LogP contribution in [0.3, 0.4) is 0 Å². The van der Waals surface area contributed by atoms with Gasteiger partial charge in [-0.1, -0.05) is 47.6 Å². The van der Waals surface area contributed by atoms with Gasteiger partial charge in [0.05, 0.1) is 0 Å². The first-order valence-corrected chi connectivity index (χ1v) is 6.43. The van der Waals surface area contributed by atoms with Crippen molar-refractivity contribution in [2.45, 2.75) is 6.61 Å². The third kappa shape index (κ3) is 4.67. The number of halogens is 1. The van der Waals surface area contributed by atoms with Crippen LogP contribution in [0.5, 0.6) is 5.75 Å². The minimum absolute atomic E-state index is 0.193. The molecule has 0 aliphatic rings. The molecule has 0 aromatic heterocycles. The molecule has 0 heterocycles. The van der Waals surface area contributed by atoms with E-state index in [-0.39, 0.29) is 12.4 Å². The van der Waals surface area contributed by atoms with Crippen molar-refractivity contribution in [3.8, 4) is 5.75 Å². The average molecular weight is 283 g/mol. The molecule has 0 N–H and O–H groups in total. The summed E-state index contributed by atoms with van der Waals surface area (Å²) in [5, 5.41) is 3.41. The van der Waals surface area contributed by atoms with Gasteiger partial charge in [0.2, 0.25) is 0 Å². The lowest BCUT2D eigenvalue weighted by Crippen LogP contribution is -1.97. The molecular formula is C16H14FN3O. The molecule has 106 valence electrons. The first-order chi connectivity index (χ1) is 10.3. The molecule has 0 fully saturated rings. The van der Waals surface area contributed by atoms with E-state index in [1.54, 1.807) is 24.3 Å². The van der Waals surface area contributed by atoms with Crippen molar-refractivity contribution in [3.63, 3.8) is 0 Å². The van der Waals surface area contributed by atoms with Gasteiger partial charge in [0, 0.05) is 17.0 Å². The highest BCUT2D eigenvalue weighted by Gasteiger charge is 2.01. The third-order valence-corrected chi connectivity index (χ3v) is 2.79. The molecule has 5 heteroatoms. The fraction of sp³-hybridized carbons (Fsp3) is 0.125. The monoisotopic (exact) mass is 283 g/mol. The Balaban J connectivity index is 1.92. The van der Waals surface area contributed by atoms with Gasteiger partial charge in [-0.3, -0.25) is 0 Å². The maximum atomic E-state index is 13.4. The molecule has 0 saturated heterocycles. The van der Waals surface area contributed by atoms with E-state index in [0.29, 0.717) is 17.9 Å². The number of rotatable bonds is 6. The van der Waals surface area contributed by atoms with Crippen LogP contribution in [0.25, 0.3) is 16.5 Å². The lowest BCUT2D eigenvalue weighted by Gasteiger charge is -2.07. The highest BCUT2D eigenvalue weighted by atomic mass is 19.1. The molecule has 21 heavy (non-hydrogen) atoms. The van der Waals surface area contributed by atoms with E-state index in [2.05, 4.69) is 10.0 Å². The van der Waals surface area contributed by atoms with Crippen molar-refractivity contribution in [1.29, 1.82) is 0 Å². The molecule has 2 aromatic carbocycles. The van der Waals surface area contributed by atoms with Crippen molar-refractivity contribution < 1.29 is 9.13 Å². The van der Waals surface area contributed by atoms with Crippen molar-refractivity contribution in [2.24, 2.45) is 5.11 Å². The minimum atomic E-state index is -0.268. The largest absolute Gasteiger partial charge is 0.489 e. The second-order valence-corrected chi connectivity index (χ2v) is 4.26. The van der Waals surface area contributed by atoms with E-state index in [4.69, 9.17) is 10.3 Å². The fourth-order valence-electron chi connectivity index (χ4n) is 1.72. The molecule has 0 saturated carbocycles.